The van der Waals surface area contributed by atoms with Gasteiger partial charge < -0.3 is 24.3 Å². The Morgan fingerprint density at radius 2 is 2.00 bits per heavy atom. The van der Waals surface area contributed by atoms with Crippen LogP contribution in [0.15, 0.2) is 15.3 Å². The summed E-state index contributed by atoms with van der Waals surface area (Å²) in [5, 5.41) is 18.8. The molecular weight excluding hydrogens is 250 g/mol. The van der Waals surface area contributed by atoms with Crippen molar-refractivity contribution in [1.29, 1.82) is 0 Å². The lowest BCUT2D eigenvalue weighted by atomic mass is 10.2. The first-order chi connectivity index (χ1) is 8.99. The molecule has 0 amide bonds. The number of rotatable bonds is 3. The van der Waals surface area contributed by atoms with E-state index in [0.717, 1.165) is 19.2 Å². The summed E-state index contributed by atoms with van der Waals surface area (Å²) in [6.07, 6.45) is 0.266. The minimum absolute atomic E-state index is 0.133. The molecule has 0 spiro atoms. The summed E-state index contributed by atoms with van der Waals surface area (Å²) in [5.74, 6) is 0.0379. The average molecular weight is 270 g/mol. The van der Waals surface area contributed by atoms with Crippen molar-refractivity contribution in [3.8, 4) is 5.75 Å². The van der Waals surface area contributed by atoms with Crippen LogP contribution in [0.25, 0.3) is 0 Å². The topological polar surface area (TPSA) is 84.3 Å². The van der Waals surface area contributed by atoms with Gasteiger partial charge in [0.15, 0.2) is 0 Å². The molecule has 2 heterocycles. The van der Waals surface area contributed by atoms with Crippen molar-refractivity contribution in [3.05, 3.63) is 27.8 Å². The van der Waals surface area contributed by atoms with Crippen molar-refractivity contribution in [2.75, 3.05) is 13.1 Å². The maximum Gasteiger partial charge on any atom is 0.227 e. The van der Waals surface area contributed by atoms with Gasteiger partial charge in [-0.15, -0.1) is 0 Å². The molecule has 1 aromatic heterocycles. The molecule has 106 valence electrons. The molecule has 6 heteroatoms. The van der Waals surface area contributed by atoms with E-state index in [1.54, 1.807) is 0 Å². The van der Waals surface area contributed by atoms with Crippen LogP contribution < -0.4 is 10.3 Å². The molecule has 6 nitrogen and oxygen atoms in total. The molecule has 1 aliphatic rings. The van der Waals surface area contributed by atoms with E-state index in [1.807, 2.05) is 13.8 Å². The van der Waals surface area contributed by atoms with Crippen LogP contribution in [-0.4, -0.2) is 35.5 Å². The molecule has 0 bridgehead atoms. The summed E-state index contributed by atoms with van der Waals surface area (Å²) in [5.41, 5.74) is -0.515. The van der Waals surface area contributed by atoms with Gasteiger partial charge in [-0.3, -0.25) is 4.79 Å². The second-order valence-corrected chi connectivity index (χ2v) is 5.10. The van der Waals surface area contributed by atoms with Gasteiger partial charge in [-0.1, -0.05) is 0 Å². The predicted octanol–water partition coefficient (Wildman–Crippen LogP) is -0.970. The quantitative estimate of drug-likeness (QED) is 0.658. The first-order valence-electron chi connectivity index (χ1n) is 6.44. The van der Waals surface area contributed by atoms with E-state index in [9.17, 15) is 9.90 Å². The minimum atomic E-state index is -0.515. The van der Waals surface area contributed by atoms with Gasteiger partial charge in [0.1, 0.15) is 44.2 Å². The fraction of sp³-hybridized carbons (Fsp3) is 0.615. The monoisotopic (exact) mass is 270 g/mol. The van der Waals surface area contributed by atoms with Crippen LogP contribution in [0.4, 0.5) is 0 Å². The zero-order chi connectivity index (χ0) is 14.0. The van der Waals surface area contributed by atoms with E-state index in [1.165, 1.54) is 4.90 Å². The Kier molecular flexibility index (Phi) is 4.24. The van der Waals surface area contributed by atoms with Crippen molar-refractivity contribution in [2.24, 2.45) is 0 Å². The molecule has 2 atom stereocenters. The Morgan fingerprint density at radius 3 is 2.58 bits per heavy atom. The Labute approximate surface area is 111 Å². The number of aliphatic hydroxyl groups is 1. The van der Waals surface area contributed by atoms with Gasteiger partial charge in [0.05, 0.1) is 0 Å². The first kappa shape index (κ1) is 14.0. The highest BCUT2D eigenvalue weighted by atomic mass is 16.5. The van der Waals surface area contributed by atoms with E-state index in [-0.39, 0.29) is 36.1 Å². The van der Waals surface area contributed by atoms with Gasteiger partial charge in [0.2, 0.25) is 16.9 Å². The zero-order valence-electron chi connectivity index (χ0n) is 11.2. The normalized spacial score (nSPS) is 27.4. The predicted molar refractivity (Wildman–Crippen MR) is 67.0 cm³/mol. The fourth-order valence-electron chi connectivity index (χ4n) is 2.55. The van der Waals surface area contributed by atoms with Crippen molar-refractivity contribution in [2.45, 2.75) is 39.2 Å². The third-order valence-electron chi connectivity index (χ3n) is 3.23. The number of hydrogen-bond donors (Lipinski definition) is 3. The third-order valence-corrected chi connectivity index (χ3v) is 3.23. The molecule has 19 heavy (non-hydrogen) atoms. The second-order valence-electron chi connectivity index (χ2n) is 5.10. The van der Waals surface area contributed by atoms with Crippen LogP contribution >= 0.6 is 0 Å². The van der Waals surface area contributed by atoms with E-state index in [0.29, 0.717) is 6.54 Å². The largest absolute Gasteiger partial charge is 0.502 e. The number of ether oxygens (including phenoxy) is 1. The molecule has 0 aliphatic carbocycles. The number of morpholine rings is 1. The maximum atomic E-state index is 11.5. The van der Waals surface area contributed by atoms with Crippen LogP contribution in [0.3, 0.4) is 0 Å². The van der Waals surface area contributed by atoms with E-state index >= 15 is 0 Å². The third kappa shape index (κ3) is 3.34. The van der Waals surface area contributed by atoms with Crippen molar-refractivity contribution < 1.29 is 24.3 Å². The zero-order valence-corrected chi connectivity index (χ0v) is 11.2. The second kappa shape index (κ2) is 5.73. The van der Waals surface area contributed by atoms with Crippen molar-refractivity contribution in [1.82, 2.24) is 0 Å². The molecule has 0 unspecified atom stereocenters. The summed E-state index contributed by atoms with van der Waals surface area (Å²) >= 11 is 0. The SMILES string of the molecule is C[C@H]1C[NH+](Cc2oc(CO)cc(=O)c2O)C[C@H](C)O1. The van der Waals surface area contributed by atoms with Gasteiger partial charge in [0.25, 0.3) is 0 Å². The van der Waals surface area contributed by atoms with Gasteiger partial charge >= 0.3 is 0 Å². The number of quaternary nitrogens is 1. The van der Waals surface area contributed by atoms with Crippen molar-refractivity contribution >= 4 is 0 Å². The van der Waals surface area contributed by atoms with Gasteiger partial charge in [0, 0.05) is 6.07 Å². The molecule has 1 saturated heterocycles. The summed E-state index contributed by atoms with van der Waals surface area (Å²) in [6, 6.07) is 1.11. The molecular formula is C13H20NO5+. The maximum absolute atomic E-state index is 11.5. The number of aromatic hydroxyl groups is 1. The Bertz CT molecular complexity index is 488. The van der Waals surface area contributed by atoms with Gasteiger partial charge in [-0.25, -0.2) is 0 Å². The summed E-state index contributed by atoms with van der Waals surface area (Å²) < 4.78 is 11.0. The highest BCUT2D eigenvalue weighted by Gasteiger charge is 2.27. The standard InChI is InChI=1S/C13H19NO5/c1-8-4-14(5-9(2)18-8)6-12-13(17)11(16)3-10(7-15)19-12/h3,8-9,15,17H,4-7H2,1-2H3/p+1/t8-,9-/m0/s1. The number of hydrogen-bond acceptors (Lipinski definition) is 5. The molecule has 0 radical (unpaired) electrons. The van der Waals surface area contributed by atoms with E-state index in [2.05, 4.69) is 0 Å². The number of aliphatic hydroxyl groups excluding tert-OH is 1. The van der Waals surface area contributed by atoms with Crippen LogP contribution in [0.2, 0.25) is 0 Å². The summed E-state index contributed by atoms with van der Waals surface area (Å²) in [7, 11) is 0. The smallest absolute Gasteiger partial charge is 0.227 e. The molecule has 1 aliphatic heterocycles. The van der Waals surface area contributed by atoms with Crippen LogP contribution in [-0.2, 0) is 17.9 Å². The van der Waals surface area contributed by atoms with Crippen molar-refractivity contribution in [3.63, 3.8) is 0 Å². The molecule has 2 rings (SSSR count). The lowest BCUT2D eigenvalue weighted by Crippen LogP contribution is -3.14. The van der Waals surface area contributed by atoms with Crippen LogP contribution in [0, 0.1) is 0 Å². The fourth-order valence-corrected chi connectivity index (χ4v) is 2.55. The van der Waals surface area contributed by atoms with Gasteiger partial charge in [-0.2, -0.15) is 0 Å². The lowest BCUT2D eigenvalue weighted by Gasteiger charge is -2.32. The molecule has 0 aromatic carbocycles. The van der Waals surface area contributed by atoms with Crippen LogP contribution in [0.5, 0.6) is 5.75 Å². The molecule has 0 saturated carbocycles. The summed E-state index contributed by atoms with van der Waals surface area (Å²) in [6.45, 7) is 5.63. The highest BCUT2D eigenvalue weighted by Crippen LogP contribution is 2.13. The highest BCUT2D eigenvalue weighted by molar-refractivity contribution is 5.24. The summed E-state index contributed by atoms with van der Waals surface area (Å²) in [4.78, 5) is 12.7. The Balaban J connectivity index is 2.18. The molecule has 3 N–H and O–H groups in total. The van der Waals surface area contributed by atoms with Crippen LogP contribution in [0.1, 0.15) is 25.4 Å². The lowest BCUT2D eigenvalue weighted by molar-refractivity contribution is -0.929. The van der Waals surface area contributed by atoms with E-state index < -0.39 is 5.43 Å². The Morgan fingerprint density at radius 1 is 1.37 bits per heavy atom. The van der Waals surface area contributed by atoms with Gasteiger partial charge in [-0.05, 0) is 13.8 Å². The minimum Gasteiger partial charge on any atom is -0.502 e. The number of nitrogens with one attached hydrogen (secondary N) is 1. The molecule has 1 fully saturated rings. The Hall–Kier alpha value is -1.37. The average Bonchev–Trinajstić information content (AvgIpc) is 2.33. The first-order valence-corrected chi connectivity index (χ1v) is 6.44. The molecule has 1 aromatic rings. The van der Waals surface area contributed by atoms with E-state index in [4.69, 9.17) is 14.3 Å².